The normalized spacial score (nSPS) is 18.2. The molecule has 1 aromatic carbocycles. The average molecular weight is 463 g/mol. The highest BCUT2D eigenvalue weighted by Crippen LogP contribution is 2.34. The van der Waals surface area contributed by atoms with Crippen molar-refractivity contribution in [3.05, 3.63) is 65.6 Å². The number of aromatic nitrogens is 1. The Bertz CT molecular complexity index is 1130. The highest BCUT2D eigenvalue weighted by Gasteiger charge is 2.34. The molecule has 1 aromatic heterocycles. The zero-order valence-corrected chi connectivity index (χ0v) is 19.6. The number of hydrogen-bond donors (Lipinski definition) is 4. The summed E-state index contributed by atoms with van der Waals surface area (Å²) >= 11 is 0. The predicted octanol–water partition coefficient (Wildman–Crippen LogP) is 3.47. The van der Waals surface area contributed by atoms with E-state index in [0.717, 1.165) is 29.8 Å². The fraction of sp³-hybridized carbons (Fsp3) is 0.320. The van der Waals surface area contributed by atoms with Crippen molar-refractivity contribution < 1.29 is 14.4 Å². The molecule has 2 aromatic rings. The fourth-order valence-corrected chi connectivity index (χ4v) is 4.06. The Labute approximate surface area is 198 Å². The quantitative estimate of drug-likeness (QED) is 0.384. The van der Waals surface area contributed by atoms with Crippen LogP contribution in [0.4, 0.5) is 11.4 Å². The maximum atomic E-state index is 13.1. The molecule has 3 rings (SSSR count). The number of benzene rings is 1. The van der Waals surface area contributed by atoms with Crippen molar-refractivity contribution in [2.75, 3.05) is 17.2 Å². The van der Waals surface area contributed by atoms with Crippen LogP contribution < -0.4 is 16.4 Å². The molecule has 1 aliphatic heterocycles. The van der Waals surface area contributed by atoms with E-state index >= 15 is 0 Å². The summed E-state index contributed by atoms with van der Waals surface area (Å²) in [4.78, 5) is 42.8. The molecule has 34 heavy (non-hydrogen) atoms. The van der Waals surface area contributed by atoms with E-state index < -0.39 is 17.7 Å². The van der Waals surface area contributed by atoms with Gasteiger partial charge in [-0.05, 0) is 62.4 Å². The molecule has 0 saturated carbocycles. The molecule has 9 nitrogen and oxygen atoms in total. The number of rotatable bonds is 6. The molecular formula is C25H30N6O3. The largest absolute Gasteiger partial charge is 0.366 e. The lowest BCUT2D eigenvalue weighted by Crippen LogP contribution is -2.46. The van der Waals surface area contributed by atoms with Gasteiger partial charge in [0, 0.05) is 29.8 Å². The van der Waals surface area contributed by atoms with Gasteiger partial charge in [0.15, 0.2) is 0 Å². The van der Waals surface area contributed by atoms with Crippen LogP contribution in [0.2, 0.25) is 0 Å². The summed E-state index contributed by atoms with van der Waals surface area (Å²) in [6.45, 7) is 6.13. The van der Waals surface area contributed by atoms with Crippen LogP contribution in [0.15, 0.2) is 54.5 Å². The van der Waals surface area contributed by atoms with Crippen LogP contribution in [0.1, 0.15) is 55.6 Å². The lowest BCUT2D eigenvalue weighted by Gasteiger charge is -2.38. The third kappa shape index (κ3) is 6.28. The van der Waals surface area contributed by atoms with Crippen LogP contribution in [0.5, 0.6) is 0 Å². The van der Waals surface area contributed by atoms with Gasteiger partial charge in [-0.1, -0.05) is 19.1 Å². The first-order chi connectivity index (χ1) is 16.1. The summed E-state index contributed by atoms with van der Waals surface area (Å²) in [6.07, 6.45) is 6.09. The van der Waals surface area contributed by atoms with Crippen LogP contribution in [0, 0.1) is 11.3 Å². The van der Waals surface area contributed by atoms with Crippen molar-refractivity contribution in [1.29, 1.82) is 5.41 Å². The second kappa shape index (κ2) is 10.7. The number of amides is 3. The van der Waals surface area contributed by atoms with Gasteiger partial charge in [-0.15, -0.1) is 0 Å². The first-order valence-electron chi connectivity index (χ1n) is 11.1. The molecule has 178 valence electrons. The minimum Gasteiger partial charge on any atom is -0.366 e. The second-order valence-corrected chi connectivity index (χ2v) is 8.69. The molecule has 2 heterocycles. The molecule has 1 saturated heterocycles. The molecule has 3 amide bonds. The van der Waals surface area contributed by atoms with Gasteiger partial charge >= 0.3 is 11.8 Å². The second-order valence-electron chi connectivity index (χ2n) is 8.69. The van der Waals surface area contributed by atoms with Crippen molar-refractivity contribution in [2.24, 2.45) is 11.7 Å². The lowest BCUT2D eigenvalue weighted by atomic mass is 9.89. The Morgan fingerprint density at radius 1 is 1.09 bits per heavy atom. The number of carbonyl (C=O) groups excluding carboxylic acids is 3. The zero-order valence-electron chi connectivity index (χ0n) is 19.6. The molecule has 1 aliphatic rings. The lowest BCUT2D eigenvalue weighted by molar-refractivity contribution is -0.146. The van der Waals surface area contributed by atoms with E-state index in [-0.39, 0.29) is 23.2 Å². The maximum absolute atomic E-state index is 13.1. The van der Waals surface area contributed by atoms with Crippen LogP contribution in [0.25, 0.3) is 0 Å². The predicted molar refractivity (Wildman–Crippen MR) is 131 cm³/mol. The first-order valence-corrected chi connectivity index (χ1v) is 11.1. The van der Waals surface area contributed by atoms with Gasteiger partial charge in [0.2, 0.25) is 5.91 Å². The molecule has 0 spiro atoms. The highest BCUT2D eigenvalue weighted by molar-refractivity contribution is 6.39. The van der Waals surface area contributed by atoms with Gasteiger partial charge in [0.25, 0.3) is 0 Å². The molecular weight excluding hydrogens is 432 g/mol. The Morgan fingerprint density at radius 2 is 1.79 bits per heavy atom. The monoisotopic (exact) mass is 462 g/mol. The van der Waals surface area contributed by atoms with Gasteiger partial charge < -0.3 is 26.7 Å². The number of likely N-dealkylation sites (tertiary alicyclic amines) is 1. The Hall–Kier alpha value is -4.01. The summed E-state index contributed by atoms with van der Waals surface area (Å²) in [6, 6.07) is 8.91. The summed E-state index contributed by atoms with van der Waals surface area (Å²) in [5.41, 5.74) is 8.77. The van der Waals surface area contributed by atoms with E-state index in [4.69, 9.17) is 11.1 Å². The minimum atomic E-state index is -0.788. The van der Waals surface area contributed by atoms with Crippen LogP contribution in [-0.2, 0) is 9.59 Å². The third-order valence-corrected chi connectivity index (χ3v) is 5.62. The topological polar surface area (TPSA) is 141 Å². The molecule has 0 radical (unpaired) electrons. The van der Waals surface area contributed by atoms with Crippen molar-refractivity contribution in [2.45, 2.75) is 39.7 Å². The van der Waals surface area contributed by atoms with E-state index in [0.29, 0.717) is 12.3 Å². The van der Waals surface area contributed by atoms with Crippen molar-refractivity contribution in [3.8, 4) is 0 Å². The number of nitrogens with one attached hydrogen (secondary N) is 3. The van der Waals surface area contributed by atoms with Crippen molar-refractivity contribution in [3.63, 3.8) is 0 Å². The molecule has 0 unspecified atom stereocenters. The number of nitrogens with zero attached hydrogens (tertiary/aromatic N) is 2. The Balaban J connectivity index is 1.75. The molecule has 1 fully saturated rings. The standard InChI is InChI=1S/C25H30N6O3/c1-15-4-9-22(18-5-7-20(8-6-18)29-17(3)10-16(2)26)31(14-15)25(34)24(33)30-21-11-19(23(27)32)12-28-13-21/h5-8,10-13,15,22,26,29H,4,9,14H2,1-3H3,(H2,27,32)(H,30,33)/b17-10-,26-16?/t15-,22+/m1/s1. The number of allylic oxidation sites excluding steroid dienone is 2. The van der Waals surface area contributed by atoms with E-state index in [2.05, 4.69) is 22.5 Å². The van der Waals surface area contributed by atoms with E-state index in [1.165, 1.54) is 18.5 Å². The maximum Gasteiger partial charge on any atom is 0.313 e. The molecule has 2 atom stereocenters. The van der Waals surface area contributed by atoms with Crippen LogP contribution in [-0.4, -0.2) is 39.9 Å². The molecule has 0 bridgehead atoms. The van der Waals surface area contributed by atoms with Gasteiger partial charge in [0.05, 0.1) is 23.5 Å². The number of anilines is 2. The highest BCUT2D eigenvalue weighted by atomic mass is 16.2. The number of carbonyl (C=O) groups is 3. The number of nitrogens with two attached hydrogens (primary N) is 1. The number of piperidine rings is 1. The summed E-state index contributed by atoms with van der Waals surface area (Å²) in [5.74, 6) is -1.82. The van der Waals surface area contributed by atoms with Crippen molar-refractivity contribution >= 4 is 34.8 Å². The Kier molecular flexibility index (Phi) is 7.78. The van der Waals surface area contributed by atoms with E-state index in [9.17, 15) is 14.4 Å². The van der Waals surface area contributed by atoms with Crippen LogP contribution >= 0.6 is 0 Å². The van der Waals surface area contributed by atoms with E-state index in [1.807, 2.05) is 31.2 Å². The average Bonchev–Trinajstić information content (AvgIpc) is 2.78. The number of pyridine rings is 1. The fourth-order valence-electron chi connectivity index (χ4n) is 4.06. The van der Waals surface area contributed by atoms with Crippen molar-refractivity contribution in [1.82, 2.24) is 9.88 Å². The van der Waals surface area contributed by atoms with Gasteiger partial charge in [0.1, 0.15) is 0 Å². The number of hydrogen-bond acceptors (Lipinski definition) is 6. The van der Waals surface area contributed by atoms with E-state index in [1.54, 1.807) is 17.9 Å². The minimum absolute atomic E-state index is 0.143. The van der Waals surface area contributed by atoms with Crippen LogP contribution in [0.3, 0.4) is 0 Å². The SMILES string of the molecule is CC(=N)/C=C(/C)Nc1ccc([C@@H]2CC[C@@H](C)CN2C(=O)C(=O)Nc2cncc(C(N)=O)c2)cc1. The van der Waals surface area contributed by atoms with Gasteiger partial charge in [-0.25, -0.2) is 0 Å². The first kappa shape index (κ1) is 24.6. The third-order valence-electron chi connectivity index (χ3n) is 5.62. The summed E-state index contributed by atoms with van der Waals surface area (Å²) in [7, 11) is 0. The van der Waals surface area contributed by atoms with Gasteiger partial charge in [-0.2, -0.15) is 0 Å². The zero-order chi connectivity index (χ0) is 24.8. The molecule has 5 N–H and O–H groups in total. The number of primary amides is 1. The molecule has 0 aliphatic carbocycles. The smallest absolute Gasteiger partial charge is 0.313 e. The molecule has 9 heteroatoms. The summed E-state index contributed by atoms with van der Waals surface area (Å²) < 4.78 is 0. The van der Waals surface area contributed by atoms with Gasteiger partial charge in [-0.3, -0.25) is 19.4 Å². The Morgan fingerprint density at radius 3 is 2.44 bits per heavy atom. The summed E-state index contributed by atoms with van der Waals surface area (Å²) in [5, 5.41) is 13.3.